The highest BCUT2D eigenvalue weighted by molar-refractivity contribution is 5.69. The fourth-order valence-electron chi connectivity index (χ4n) is 4.37. The van der Waals surface area contributed by atoms with Gasteiger partial charge in [-0.15, -0.1) is 5.10 Å². The molecule has 1 aliphatic rings. The number of carbonyl (C=O) groups is 1. The van der Waals surface area contributed by atoms with Gasteiger partial charge in [-0.25, -0.2) is 5.10 Å². The molecule has 9 heteroatoms. The van der Waals surface area contributed by atoms with Crippen LogP contribution < -0.4 is 5.32 Å². The average Bonchev–Trinajstić information content (AvgIpc) is 3.26. The first kappa shape index (κ1) is 21.0. The van der Waals surface area contributed by atoms with Gasteiger partial charge in [-0.3, -0.25) is 9.69 Å². The minimum atomic E-state index is -0.880. The van der Waals surface area contributed by atoms with Crippen LogP contribution in [0.1, 0.15) is 30.5 Å². The third kappa shape index (κ3) is 4.28. The van der Waals surface area contributed by atoms with Gasteiger partial charge in [0.05, 0.1) is 12.1 Å². The molecule has 3 aromatic rings. The summed E-state index contributed by atoms with van der Waals surface area (Å²) in [5.74, 6) is -0.102. The molecule has 4 N–H and O–H groups in total. The van der Waals surface area contributed by atoms with Gasteiger partial charge in [0.2, 0.25) is 0 Å². The molecule has 2 aromatic carbocycles. The average molecular weight is 422 g/mol. The number of tetrazole rings is 1. The predicted molar refractivity (Wildman–Crippen MR) is 115 cm³/mol. The number of aromatic hydroxyl groups is 1. The third-order valence-corrected chi connectivity index (χ3v) is 5.95. The first-order valence-electron chi connectivity index (χ1n) is 10.2. The standard InChI is InChI=1S/C22H26N6O3/c1-14-11-28(12-19(30)31)22(2,13-23-14)20-17(4-3-5-18(20)29)10-15-6-8-16(9-7-15)21-24-26-27-25-21/h3-9,14,23,29H,10-13H2,1-2H3,(H,30,31)(H,24,25,26,27). The van der Waals surface area contributed by atoms with Crippen LogP contribution in [0, 0.1) is 0 Å². The van der Waals surface area contributed by atoms with Crippen LogP contribution in [0.4, 0.5) is 0 Å². The first-order chi connectivity index (χ1) is 14.9. The second kappa shape index (κ2) is 8.44. The molecule has 2 heterocycles. The summed E-state index contributed by atoms with van der Waals surface area (Å²) >= 11 is 0. The number of hydrogen-bond acceptors (Lipinski definition) is 7. The van der Waals surface area contributed by atoms with Crippen molar-refractivity contribution in [1.82, 2.24) is 30.8 Å². The Kier molecular flexibility index (Phi) is 5.71. The van der Waals surface area contributed by atoms with Crippen molar-refractivity contribution in [1.29, 1.82) is 0 Å². The van der Waals surface area contributed by atoms with E-state index in [1.165, 1.54) is 0 Å². The Labute approximate surface area is 180 Å². The number of nitrogens with zero attached hydrogens (tertiary/aromatic N) is 4. The summed E-state index contributed by atoms with van der Waals surface area (Å²) in [4.78, 5) is 13.5. The van der Waals surface area contributed by atoms with Crippen LogP contribution in [-0.2, 0) is 16.8 Å². The topological polar surface area (TPSA) is 127 Å². The normalized spacial score (nSPS) is 21.8. The number of hydrogen-bond donors (Lipinski definition) is 4. The molecule has 2 unspecified atom stereocenters. The van der Waals surface area contributed by atoms with E-state index in [1.807, 2.05) is 55.1 Å². The fraction of sp³-hybridized carbons (Fsp3) is 0.364. The molecule has 2 atom stereocenters. The molecule has 0 radical (unpaired) electrons. The van der Waals surface area contributed by atoms with E-state index in [0.717, 1.165) is 22.3 Å². The van der Waals surface area contributed by atoms with E-state index < -0.39 is 11.5 Å². The van der Waals surface area contributed by atoms with Crippen molar-refractivity contribution in [3.8, 4) is 17.1 Å². The molecule has 0 amide bonds. The van der Waals surface area contributed by atoms with Crippen LogP contribution >= 0.6 is 0 Å². The van der Waals surface area contributed by atoms with Crippen LogP contribution in [0.15, 0.2) is 42.5 Å². The van der Waals surface area contributed by atoms with Gasteiger partial charge in [-0.05, 0) is 47.9 Å². The molecule has 0 spiro atoms. The molecule has 0 saturated carbocycles. The lowest BCUT2D eigenvalue weighted by molar-refractivity contribution is -0.140. The number of nitrogens with one attached hydrogen (secondary N) is 2. The van der Waals surface area contributed by atoms with Crippen LogP contribution in [0.2, 0.25) is 0 Å². The van der Waals surface area contributed by atoms with E-state index in [2.05, 4.69) is 25.9 Å². The quantitative estimate of drug-likeness (QED) is 0.473. The highest BCUT2D eigenvalue weighted by Crippen LogP contribution is 2.39. The van der Waals surface area contributed by atoms with Crippen molar-refractivity contribution < 1.29 is 15.0 Å². The lowest BCUT2D eigenvalue weighted by atomic mass is 9.81. The van der Waals surface area contributed by atoms with Crippen molar-refractivity contribution >= 4 is 5.97 Å². The van der Waals surface area contributed by atoms with Gasteiger partial charge in [0.25, 0.3) is 0 Å². The summed E-state index contributed by atoms with van der Waals surface area (Å²) in [7, 11) is 0. The van der Waals surface area contributed by atoms with Gasteiger partial charge in [0.1, 0.15) is 5.75 Å². The maximum atomic E-state index is 11.5. The van der Waals surface area contributed by atoms with Crippen LogP contribution in [0.25, 0.3) is 11.4 Å². The zero-order chi connectivity index (χ0) is 22.0. The van der Waals surface area contributed by atoms with Crippen LogP contribution in [0.5, 0.6) is 5.75 Å². The lowest BCUT2D eigenvalue weighted by Gasteiger charge is -2.48. The van der Waals surface area contributed by atoms with Gasteiger partial charge in [0, 0.05) is 30.3 Å². The van der Waals surface area contributed by atoms with Gasteiger partial charge in [-0.2, -0.15) is 0 Å². The van der Waals surface area contributed by atoms with Crippen LogP contribution in [0.3, 0.4) is 0 Å². The summed E-state index contributed by atoms with van der Waals surface area (Å²) in [6.45, 7) is 5.06. The van der Waals surface area contributed by atoms with Crippen molar-refractivity contribution in [2.75, 3.05) is 19.6 Å². The number of phenols is 1. The Morgan fingerprint density at radius 1 is 1.26 bits per heavy atom. The molecule has 1 aliphatic heterocycles. The van der Waals surface area contributed by atoms with Crippen molar-refractivity contribution in [3.63, 3.8) is 0 Å². The molecular formula is C22H26N6O3. The summed E-state index contributed by atoms with van der Waals surface area (Å²) in [5, 5.41) is 37.6. The van der Waals surface area contributed by atoms with E-state index in [4.69, 9.17) is 0 Å². The van der Waals surface area contributed by atoms with E-state index in [9.17, 15) is 15.0 Å². The number of rotatable bonds is 6. The molecule has 4 rings (SSSR count). The van der Waals surface area contributed by atoms with E-state index in [1.54, 1.807) is 6.07 Å². The van der Waals surface area contributed by atoms with Gasteiger partial charge < -0.3 is 15.5 Å². The van der Waals surface area contributed by atoms with Crippen molar-refractivity contribution in [2.45, 2.75) is 31.8 Å². The van der Waals surface area contributed by atoms with Gasteiger partial charge in [-0.1, -0.05) is 36.4 Å². The summed E-state index contributed by atoms with van der Waals surface area (Å²) in [5.41, 5.74) is 3.02. The first-order valence-corrected chi connectivity index (χ1v) is 10.2. The predicted octanol–water partition coefficient (Wildman–Crippen LogP) is 1.76. The van der Waals surface area contributed by atoms with Crippen molar-refractivity contribution in [2.24, 2.45) is 0 Å². The minimum Gasteiger partial charge on any atom is -0.508 e. The molecule has 0 aliphatic carbocycles. The van der Waals surface area contributed by atoms with Gasteiger partial charge >= 0.3 is 5.97 Å². The van der Waals surface area contributed by atoms with E-state index >= 15 is 0 Å². The number of phenolic OH excluding ortho intramolecular Hbond substituents is 1. The molecule has 1 fully saturated rings. The Morgan fingerprint density at radius 3 is 2.71 bits per heavy atom. The van der Waals surface area contributed by atoms with E-state index in [-0.39, 0.29) is 18.3 Å². The molecule has 9 nitrogen and oxygen atoms in total. The number of piperazine rings is 1. The highest BCUT2D eigenvalue weighted by Gasteiger charge is 2.42. The minimum absolute atomic E-state index is 0.0871. The number of aromatic amines is 1. The smallest absolute Gasteiger partial charge is 0.317 e. The summed E-state index contributed by atoms with van der Waals surface area (Å²) < 4.78 is 0. The molecule has 1 aromatic heterocycles. The second-order valence-electron chi connectivity index (χ2n) is 8.26. The Hall–Kier alpha value is -3.30. The molecule has 31 heavy (non-hydrogen) atoms. The number of H-pyrrole nitrogens is 1. The molecular weight excluding hydrogens is 396 g/mol. The maximum absolute atomic E-state index is 11.5. The summed E-state index contributed by atoms with van der Waals surface area (Å²) in [6, 6.07) is 13.6. The fourth-order valence-corrected chi connectivity index (χ4v) is 4.37. The molecule has 1 saturated heterocycles. The number of carboxylic acid groups (broad SMARTS) is 1. The zero-order valence-corrected chi connectivity index (χ0v) is 17.5. The highest BCUT2D eigenvalue weighted by atomic mass is 16.4. The lowest BCUT2D eigenvalue weighted by Crippen LogP contribution is -2.62. The van der Waals surface area contributed by atoms with Crippen molar-refractivity contribution in [3.05, 3.63) is 59.2 Å². The SMILES string of the molecule is CC1CN(CC(=O)O)C(C)(c2c(O)cccc2Cc2ccc(-c3nnn[nH]3)cc2)CN1. The van der Waals surface area contributed by atoms with E-state index in [0.29, 0.717) is 25.3 Å². The van der Waals surface area contributed by atoms with Gasteiger partial charge in [0.15, 0.2) is 5.82 Å². The Morgan fingerprint density at radius 2 is 2.03 bits per heavy atom. The third-order valence-electron chi connectivity index (χ3n) is 5.95. The second-order valence-corrected chi connectivity index (χ2v) is 8.26. The number of aliphatic carboxylic acids is 1. The Balaban J connectivity index is 1.67. The number of aromatic nitrogens is 4. The van der Waals surface area contributed by atoms with Crippen LogP contribution in [-0.4, -0.2) is 67.4 Å². The number of benzene rings is 2. The Bertz CT molecular complexity index is 1050. The largest absolute Gasteiger partial charge is 0.508 e. The maximum Gasteiger partial charge on any atom is 0.317 e. The molecule has 0 bridgehead atoms. The zero-order valence-electron chi connectivity index (χ0n) is 17.5. The molecule has 162 valence electrons. The monoisotopic (exact) mass is 422 g/mol. The summed E-state index contributed by atoms with van der Waals surface area (Å²) in [6.07, 6.45) is 0.602. The number of carboxylic acids is 1.